The minimum Gasteiger partial charge on any atom is -0.494 e. The van der Waals surface area contributed by atoms with Gasteiger partial charge in [0.15, 0.2) is 5.69 Å². The van der Waals surface area contributed by atoms with Crippen LogP contribution in [0.2, 0.25) is 0 Å². The minimum atomic E-state index is -0.642. The number of aromatic nitrogens is 2. The summed E-state index contributed by atoms with van der Waals surface area (Å²) in [5.74, 6) is 0.723. The maximum absolute atomic E-state index is 13.3. The van der Waals surface area contributed by atoms with Crippen LogP contribution in [0.1, 0.15) is 46.1 Å². The summed E-state index contributed by atoms with van der Waals surface area (Å²) in [5.41, 5.74) is 6.14. The highest BCUT2D eigenvalue weighted by Gasteiger charge is 2.25. The van der Waals surface area contributed by atoms with E-state index in [9.17, 15) is 14.4 Å². The van der Waals surface area contributed by atoms with Gasteiger partial charge < -0.3 is 15.4 Å². The number of H-pyrrole nitrogens is 1. The molecule has 0 radical (unpaired) electrons. The minimum absolute atomic E-state index is 0.0241. The zero-order chi connectivity index (χ0) is 24.5. The van der Waals surface area contributed by atoms with Crippen LogP contribution in [-0.4, -0.2) is 47.1 Å². The van der Waals surface area contributed by atoms with Crippen molar-refractivity contribution in [2.75, 3.05) is 37.4 Å². The van der Waals surface area contributed by atoms with Gasteiger partial charge >= 0.3 is 5.69 Å². The lowest BCUT2D eigenvalue weighted by atomic mass is 10.2. The van der Waals surface area contributed by atoms with Crippen LogP contribution in [0.3, 0.4) is 0 Å². The lowest BCUT2D eigenvalue weighted by Gasteiger charge is -2.27. The Kier molecular flexibility index (Phi) is 9.72. The van der Waals surface area contributed by atoms with Crippen molar-refractivity contribution in [3.8, 4) is 5.75 Å². The molecule has 0 fully saturated rings. The molecular weight excluding hydrogens is 422 g/mol. The molecule has 0 atom stereocenters. The van der Waals surface area contributed by atoms with Gasteiger partial charge in [-0.1, -0.05) is 39.3 Å². The first kappa shape index (κ1) is 26.2. The fourth-order valence-electron chi connectivity index (χ4n) is 3.60. The average Bonchev–Trinajstić information content (AvgIpc) is 2.74. The number of anilines is 2. The molecule has 0 saturated heterocycles. The average molecular weight is 460 g/mol. The summed E-state index contributed by atoms with van der Waals surface area (Å²) >= 11 is 0. The first-order valence-electron chi connectivity index (χ1n) is 11.5. The van der Waals surface area contributed by atoms with E-state index in [0.29, 0.717) is 32.7 Å². The van der Waals surface area contributed by atoms with E-state index < -0.39 is 11.2 Å². The molecule has 0 unspecified atom stereocenters. The zero-order valence-corrected chi connectivity index (χ0v) is 20.4. The zero-order valence-electron chi connectivity index (χ0n) is 20.4. The number of aromatic amines is 1. The Morgan fingerprint density at radius 2 is 1.85 bits per heavy atom. The van der Waals surface area contributed by atoms with Gasteiger partial charge in [-0.2, -0.15) is 0 Å². The van der Waals surface area contributed by atoms with Gasteiger partial charge in [0.05, 0.1) is 13.2 Å². The number of hydrogen-bond donors (Lipinski definition) is 2. The Hall–Kier alpha value is -3.07. The van der Waals surface area contributed by atoms with Crippen LogP contribution in [-0.2, 0) is 17.9 Å². The van der Waals surface area contributed by atoms with Crippen LogP contribution in [0, 0.1) is 5.92 Å². The Morgan fingerprint density at radius 1 is 1.18 bits per heavy atom. The molecule has 0 saturated carbocycles. The van der Waals surface area contributed by atoms with E-state index in [0.717, 1.165) is 17.7 Å². The number of hydrogen-bond acceptors (Lipinski definition) is 6. The molecule has 182 valence electrons. The lowest BCUT2D eigenvalue weighted by Crippen LogP contribution is -2.45. The van der Waals surface area contributed by atoms with E-state index in [-0.39, 0.29) is 29.9 Å². The van der Waals surface area contributed by atoms with Crippen molar-refractivity contribution in [1.29, 1.82) is 0 Å². The standard InChI is InChI=1S/C24H37N5O4/c1-6-8-13-28(21-22(25)29(14-17(3)4)24(32)26-23(21)31)20(30)16-27(5)15-18-9-11-19(12-10-18)33-7-2/h9-12,17H,6-8,13-16,25H2,1-5H3,(H,26,31,32). The molecule has 0 aliphatic heterocycles. The number of nitrogens with zero attached hydrogens (tertiary/aromatic N) is 3. The van der Waals surface area contributed by atoms with Crippen molar-refractivity contribution in [3.63, 3.8) is 0 Å². The van der Waals surface area contributed by atoms with Gasteiger partial charge in [0, 0.05) is 19.6 Å². The van der Waals surface area contributed by atoms with Crippen molar-refractivity contribution >= 4 is 17.4 Å². The van der Waals surface area contributed by atoms with Crippen LogP contribution in [0.15, 0.2) is 33.9 Å². The molecule has 0 aliphatic rings. The smallest absolute Gasteiger partial charge is 0.330 e. The predicted molar refractivity (Wildman–Crippen MR) is 132 cm³/mol. The number of ether oxygens (including phenoxy) is 1. The number of nitrogens with two attached hydrogens (primary N) is 1. The molecular formula is C24H37N5O4. The first-order chi connectivity index (χ1) is 15.7. The third-order valence-corrected chi connectivity index (χ3v) is 5.16. The number of carbonyl (C=O) groups is 1. The quantitative estimate of drug-likeness (QED) is 0.504. The van der Waals surface area contributed by atoms with Crippen LogP contribution < -0.4 is 26.6 Å². The maximum Gasteiger partial charge on any atom is 0.330 e. The van der Waals surface area contributed by atoms with Crippen LogP contribution in [0.5, 0.6) is 5.75 Å². The van der Waals surface area contributed by atoms with Crippen molar-refractivity contribution < 1.29 is 9.53 Å². The number of benzene rings is 1. The van der Waals surface area contributed by atoms with E-state index in [1.54, 1.807) is 0 Å². The van der Waals surface area contributed by atoms with Gasteiger partial charge in [0.2, 0.25) is 5.91 Å². The van der Waals surface area contributed by atoms with Crippen molar-refractivity contribution in [1.82, 2.24) is 14.5 Å². The summed E-state index contributed by atoms with van der Waals surface area (Å²) in [5, 5.41) is 0. The Labute approximate surface area is 195 Å². The first-order valence-corrected chi connectivity index (χ1v) is 11.5. The summed E-state index contributed by atoms with van der Waals surface area (Å²) in [6.45, 7) is 9.80. The van der Waals surface area contributed by atoms with E-state index in [2.05, 4.69) is 4.98 Å². The Bertz CT molecular complexity index is 1030. The second kappa shape index (κ2) is 12.2. The molecule has 2 rings (SSSR count). The normalized spacial score (nSPS) is 11.2. The molecule has 0 spiro atoms. The van der Waals surface area contributed by atoms with Crippen LogP contribution in [0.4, 0.5) is 11.5 Å². The number of amides is 1. The summed E-state index contributed by atoms with van der Waals surface area (Å²) in [6, 6.07) is 7.73. The van der Waals surface area contributed by atoms with Gasteiger partial charge in [-0.05, 0) is 44.0 Å². The van der Waals surface area contributed by atoms with Gasteiger partial charge in [0.1, 0.15) is 11.6 Å². The second-order valence-corrected chi connectivity index (χ2v) is 8.65. The van der Waals surface area contributed by atoms with Crippen molar-refractivity contribution in [2.45, 2.75) is 53.6 Å². The van der Waals surface area contributed by atoms with Gasteiger partial charge in [-0.15, -0.1) is 0 Å². The molecule has 1 heterocycles. The third kappa shape index (κ3) is 7.21. The molecule has 33 heavy (non-hydrogen) atoms. The number of rotatable bonds is 12. The van der Waals surface area contributed by atoms with Crippen LogP contribution in [0.25, 0.3) is 0 Å². The highest BCUT2D eigenvalue weighted by Crippen LogP contribution is 2.19. The number of nitrogens with one attached hydrogen (secondary N) is 1. The lowest BCUT2D eigenvalue weighted by molar-refractivity contribution is -0.119. The fraction of sp³-hybridized carbons (Fsp3) is 0.542. The number of carbonyl (C=O) groups excluding carboxylic acids is 1. The van der Waals surface area contributed by atoms with Crippen LogP contribution >= 0.6 is 0 Å². The van der Waals surface area contributed by atoms with Gasteiger partial charge in [-0.3, -0.25) is 24.0 Å². The molecule has 3 N–H and O–H groups in total. The highest BCUT2D eigenvalue weighted by molar-refractivity contribution is 5.96. The molecule has 0 bridgehead atoms. The van der Waals surface area contributed by atoms with Gasteiger partial charge in [0.25, 0.3) is 5.56 Å². The van der Waals surface area contributed by atoms with E-state index in [4.69, 9.17) is 10.5 Å². The molecule has 1 aromatic heterocycles. The largest absolute Gasteiger partial charge is 0.494 e. The summed E-state index contributed by atoms with van der Waals surface area (Å²) < 4.78 is 6.80. The SMILES string of the molecule is CCCCN(C(=O)CN(C)Cc1ccc(OCC)cc1)c1c(N)n(CC(C)C)c(=O)[nH]c1=O. The summed E-state index contributed by atoms with van der Waals surface area (Å²) in [7, 11) is 1.85. The van der Waals surface area contributed by atoms with E-state index >= 15 is 0 Å². The molecule has 1 amide bonds. The topological polar surface area (TPSA) is 114 Å². The Balaban J connectivity index is 2.26. The van der Waals surface area contributed by atoms with Crippen molar-refractivity contribution in [3.05, 3.63) is 50.7 Å². The monoisotopic (exact) mass is 459 g/mol. The molecule has 0 aliphatic carbocycles. The predicted octanol–water partition coefficient (Wildman–Crippen LogP) is 2.44. The molecule has 1 aromatic carbocycles. The number of likely N-dealkylation sites (N-methyl/N-ethyl adjacent to an activating group) is 1. The highest BCUT2D eigenvalue weighted by atomic mass is 16.5. The second-order valence-electron chi connectivity index (χ2n) is 8.65. The third-order valence-electron chi connectivity index (χ3n) is 5.16. The van der Waals surface area contributed by atoms with Crippen molar-refractivity contribution in [2.24, 2.45) is 5.92 Å². The van der Waals surface area contributed by atoms with E-state index in [1.165, 1.54) is 9.47 Å². The number of nitrogen functional groups attached to an aromatic ring is 1. The summed E-state index contributed by atoms with van der Waals surface area (Å²) in [6.07, 6.45) is 1.55. The Morgan fingerprint density at radius 3 is 2.42 bits per heavy atom. The number of unbranched alkanes of at least 4 members (excludes halogenated alkanes) is 1. The molecule has 9 nitrogen and oxygen atoms in total. The molecule has 2 aromatic rings. The van der Waals surface area contributed by atoms with Gasteiger partial charge in [-0.25, -0.2) is 4.79 Å². The fourth-order valence-corrected chi connectivity index (χ4v) is 3.60. The summed E-state index contributed by atoms with van der Waals surface area (Å²) in [4.78, 5) is 43.9. The molecule has 9 heteroatoms. The van der Waals surface area contributed by atoms with E-state index in [1.807, 2.05) is 63.9 Å². The maximum atomic E-state index is 13.3.